The zero-order valence-corrected chi connectivity index (χ0v) is 12.2. The van der Waals surface area contributed by atoms with Gasteiger partial charge in [0.25, 0.3) is 5.56 Å². The number of benzene rings is 1. The fourth-order valence-electron chi connectivity index (χ4n) is 2.51. The van der Waals surface area contributed by atoms with Gasteiger partial charge in [-0.2, -0.15) is 5.26 Å². The Morgan fingerprint density at radius 3 is 2.68 bits per heavy atom. The number of aryl methyl sites for hydroxylation is 1. The summed E-state index contributed by atoms with van der Waals surface area (Å²) < 4.78 is 5.73. The fraction of sp³-hybridized carbons (Fsp3) is 0.294. The number of pyridine rings is 1. The Hall–Kier alpha value is -2.74. The number of nitriles is 1. The lowest BCUT2D eigenvalue weighted by molar-refractivity contribution is 0.120. The standard InChI is InChI=1S/C17H16N2O3/c1-10-7-14(15(9-18)17(21)19-10)13-6-5-12(8-16(13)20)22-11-3-2-4-11/h5-8,11,20H,2-4H2,1H3,(H,19,21). The first-order valence-electron chi connectivity index (χ1n) is 7.22. The van der Waals surface area contributed by atoms with Gasteiger partial charge >= 0.3 is 0 Å². The third-order valence-electron chi connectivity index (χ3n) is 3.89. The lowest BCUT2D eigenvalue weighted by Gasteiger charge is -2.26. The Kier molecular flexibility index (Phi) is 3.60. The van der Waals surface area contributed by atoms with Crippen molar-refractivity contribution in [3.05, 3.63) is 45.9 Å². The second-order valence-electron chi connectivity index (χ2n) is 5.53. The molecular formula is C17H16N2O3. The number of aromatic nitrogens is 1. The Labute approximate surface area is 127 Å². The minimum absolute atomic E-state index is 0.00155. The summed E-state index contributed by atoms with van der Waals surface area (Å²) in [6.45, 7) is 1.73. The van der Waals surface area contributed by atoms with Crippen LogP contribution in [0.2, 0.25) is 0 Å². The molecule has 0 saturated heterocycles. The van der Waals surface area contributed by atoms with Crippen LogP contribution >= 0.6 is 0 Å². The maximum atomic E-state index is 11.9. The van der Waals surface area contributed by atoms with Crippen molar-refractivity contribution in [2.75, 3.05) is 0 Å². The van der Waals surface area contributed by atoms with E-state index in [2.05, 4.69) is 4.98 Å². The number of rotatable bonds is 3. The van der Waals surface area contributed by atoms with Crippen LogP contribution in [-0.2, 0) is 0 Å². The van der Waals surface area contributed by atoms with Gasteiger partial charge in [-0.05, 0) is 44.4 Å². The Bertz CT molecular complexity index is 814. The number of hydrogen-bond acceptors (Lipinski definition) is 4. The van der Waals surface area contributed by atoms with Crippen molar-refractivity contribution in [2.24, 2.45) is 0 Å². The van der Waals surface area contributed by atoms with Gasteiger partial charge in [-0.1, -0.05) is 0 Å². The smallest absolute Gasteiger partial charge is 0.266 e. The molecule has 0 aliphatic heterocycles. The molecule has 1 aromatic heterocycles. The molecular weight excluding hydrogens is 280 g/mol. The summed E-state index contributed by atoms with van der Waals surface area (Å²) >= 11 is 0. The van der Waals surface area contributed by atoms with E-state index in [1.165, 1.54) is 12.5 Å². The van der Waals surface area contributed by atoms with Crippen LogP contribution < -0.4 is 10.3 Å². The number of aromatic hydroxyl groups is 1. The zero-order chi connectivity index (χ0) is 15.7. The van der Waals surface area contributed by atoms with Crippen LogP contribution in [0.25, 0.3) is 11.1 Å². The van der Waals surface area contributed by atoms with Crippen LogP contribution in [0.3, 0.4) is 0 Å². The highest BCUT2D eigenvalue weighted by molar-refractivity contribution is 5.76. The van der Waals surface area contributed by atoms with Crippen molar-refractivity contribution < 1.29 is 9.84 Å². The SMILES string of the molecule is Cc1cc(-c2ccc(OC3CCC3)cc2O)c(C#N)c(=O)[nH]1. The first kappa shape index (κ1) is 14.2. The van der Waals surface area contributed by atoms with Crippen molar-refractivity contribution in [2.45, 2.75) is 32.3 Å². The molecule has 0 amide bonds. The molecule has 0 unspecified atom stereocenters. The van der Waals surface area contributed by atoms with E-state index in [0.717, 1.165) is 12.8 Å². The summed E-state index contributed by atoms with van der Waals surface area (Å²) in [6, 6.07) is 8.54. The van der Waals surface area contributed by atoms with E-state index >= 15 is 0 Å². The third kappa shape index (κ3) is 2.56. The maximum absolute atomic E-state index is 11.9. The van der Waals surface area contributed by atoms with Crippen molar-refractivity contribution >= 4 is 0 Å². The Morgan fingerprint density at radius 2 is 2.09 bits per heavy atom. The molecule has 2 aromatic rings. The number of phenols is 1. The molecule has 0 atom stereocenters. The van der Waals surface area contributed by atoms with Crippen molar-refractivity contribution in [3.63, 3.8) is 0 Å². The molecule has 3 rings (SSSR count). The van der Waals surface area contributed by atoms with Crippen molar-refractivity contribution in [1.82, 2.24) is 4.98 Å². The number of nitrogens with one attached hydrogen (secondary N) is 1. The minimum Gasteiger partial charge on any atom is -0.507 e. The molecule has 5 nitrogen and oxygen atoms in total. The molecule has 5 heteroatoms. The molecule has 1 aliphatic rings. The highest BCUT2D eigenvalue weighted by Crippen LogP contribution is 2.35. The van der Waals surface area contributed by atoms with Gasteiger partial charge in [0.15, 0.2) is 0 Å². The number of nitrogens with zero attached hydrogens (tertiary/aromatic N) is 1. The zero-order valence-electron chi connectivity index (χ0n) is 12.2. The number of hydrogen-bond donors (Lipinski definition) is 2. The summed E-state index contributed by atoms with van der Waals surface area (Å²) in [5.41, 5.74) is 1.05. The van der Waals surface area contributed by atoms with Crippen molar-refractivity contribution in [1.29, 1.82) is 5.26 Å². The van der Waals surface area contributed by atoms with Gasteiger partial charge in [0, 0.05) is 22.9 Å². The monoisotopic (exact) mass is 296 g/mol. The highest BCUT2D eigenvalue weighted by Gasteiger charge is 2.20. The molecule has 2 N–H and O–H groups in total. The molecule has 22 heavy (non-hydrogen) atoms. The predicted molar refractivity (Wildman–Crippen MR) is 81.9 cm³/mol. The second kappa shape index (κ2) is 5.57. The first-order valence-corrected chi connectivity index (χ1v) is 7.22. The number of H-pyrrole nitrogens is 1. The molecule has 1 heterocycles. The predicted octanol–water partition coefficient (Wildman–Crippen LogP) is 2.86. The summed E-state index contributed by atoms with van der Waals surface area (Å²) in [5, 5.41) is 19.4. The molecule has 112 valence electrons. The normalized spacial score (nSPS) is 14.2. The third-order valence-corrected chi connectivity index (χ3v) is 3.89. The van der Waals surface area contributed by atoms with Crippen LogP contribution in [0.1, 0.15) is 30.5 Å². The van der Waals surface area contributed by atoms with Gasteiger partial charge < -0.3 is 14.8 Å². The van der Waals surface area contributed by atoms with E-state index in [-0.39, 0.29) is 17.4 Å². The summed E-state index contributed by atoms with van der Waals surface area (Å²) in [7, 11) is 0. The average molecular weight is 296 g/mol. The fourth-order valence-corrected chi connectivity index (χ4v) is 2.51. The molecule has 1 aromatic carbocycles. The molecule has 0 radical (unpaired) electrons. The average Bonchev–Trinajstić information content (AvgIpc) is 2.42. The highest BCUT2D eigenvalue weighted by atomic mass is 16.5. The maximum Gasteiger partial charge on any atom is 0.266 e. The van der Waals surface area contributed by atoms with Crippen LogP contribution in [0.4, 0.5) is 0 Å². The topological polar surface area (TPSA) is 86.1 Å². The molecule has 1 fully saturated rings. The van der Waals surface area contributed by atoms with Crippen LogP contribution in [0.5, 0.6) is 11.5 Å². The second-order valence-corrected chi connectivity index (χ2v) is 5.53. The quantitative estimate of drug-likeness (QED) is 0.912. The molecule has 1 aliphatic carbocycles. The number of aromatic amines is 1. The number of phenolic OH excluding ortho intramolecular Hbond substituents is 1. The molecule has 0 bridgehead atoms. The first-order chi connectivity index (χ1) is 10.6. The van der Waals surface area contributed by atoms with Gasteiger partial charge in [-0.25, -0.2) is 0 Å². The van der Waals surface area contributed by atoms with Crippen LogP contribution in [-0.4, -0.2) is 16.2 Å². The lowest BCUT2D eigenvalue weighted by atomic mass is 9.96. The Balaban J connectivity index is 2.02. The summed E-state index contributed by atoms with van der Waals surface area (Å²) in [5.74, 6) is 0.601. The van der Waals surface area contributed by atoms with E-state index in [1.54, 1.807) is 25.1 Å². The number of ether oxygens (including phenoxy) is 1. The van der Waals surface area contributed by atoms with Gasteiger partial charge in [0.2, 0.25) is 0 Å². The van der Waals surface area contributed by atoms with Gasteiger partial charge in [0.05, 0.1) is 6.10 Å². The van der Waals surface area contributed by atoms with Gasteiger partial charge in [-0.15, -0.1) is 0 Å². The van der Waals surface area contributed by atoms with Crippen LogP contribution in [0.15, 0.2) is 29.1 Å². The summed E-state index contributed by atoms with van der Waals surface area (Å²) in [4.78, 5) is 14.4. The Morgan fingerprint density at radius 1 is 1.32 bits per heavy atom. The van der Waals surface area contributed by atoms with Crippen LogP contribution in [0, 0.1) is 18.3 Å². The van der Waals surface area contributed by atoms with Gasteiger partial charge in [0.1, 0.15) is 23.1 Å². The van der Waals surface area contributed by atoms with E-state index in [4.69, 9.17) is 4.74 Å². The van der Waals surface area contributed by atoms with E-state index < -0.39 is 5.56 Å². The minimum atomic E-state index is -0.452. The van der Waals surface area contributed by atoms with E-state index in [1.807, 2.05) is 6.07 Å². The molecule has 0 spiro atoms. The van der Waals surface area contributed by atoms with Gasteiger partial charge in [-0.3, -0.25) is 4.79 Å². The largest absolute Gasteiger partial charge is 0.507 e. The van der Waals surface area contributed by atoms with Crippen molar-refractivity contribution in [3.8, 4) is 28.7 Å². The summed E-state index contributed by atoms with van der Waals surface area (Å²) in [6.07, 6.45) is 3.47. The molecule has 1 saturated carbocycles. The van der Waals surface area contributed by atoms with E-state index in [0.29, 0.717) is 22.6 Å². The lowest BCUT2D eigenvalue weighted by Crippen LogP contribution is -2.24. The van der Waals surface area contributed by atoms with E-state index in [9.17, 15) is 15.2 Å².